The minimum atomic E-state index is -1.36. The first-order valence-electron chi connectivity index (χ1n) is 6.48. The summed E-state index contributed by atoms with van der Waals surface area (Å²) >= 11 is 0. The van der Waals surface area contributed by atoms with E-state index in [1.165, 1.54) is 0 Å². The third-order valence-electron chi connectivity index (χ3n) is 3.37. The summed E-state index contributed by atoms with van der Waals surface area (Å²) < 4.78 is 31.4. The van der Waals surface area contributed by atoms with Crippen molar-refractivity contribution in [3.63, 3.8) is 0 Å². The molecule has 1 aliphatic heterocycles. The van der Waals surface area contributed by atoms with Gasteiger partial charge >= 0.3 is 0 Å². The highest BCUT2D eigenvalue weighted by atomic mass is 19.2. The van der Waals surface area contributed by atoms with Crippen LogP contribution in [0.15, 0.2) is 12.1 Å². The van der Waals surface area contributed by atoms with Crippen molar-refractivity contribution in [3.8, 4) is 0 Å². The number of nitrogens with zero attached hydrogens (tertiary/aromatic N) is 1. The Balaban J connectivity index is 2.10. The van der Waals surface area contributed by atoms with Crippen LogP contribution in [-0.4, -0.2) is 30.6 Å². The van der Waals surface area contributed by atoms with E-state index in [0.717, 1.165) is 12.8 Å². The van der Waals surface area contributed by atoms with Crippen molar-refractivity contribution in [1.29, 1.82) is 0 Å². The maximum atomic E-state index is 13.2. The molecule has 2 rings (SSSR count). The van der Waals surface area contributed by atoms with E-state index < -0.39 is 33.7 Å². The molecule has 1 N–H and O–H groups in total. The fourth-order valence-electron chi connectivity index (χ4n) is 2.15. The van der Waals surface area contributed by atoms with Gasteiger partial charge in [0.05, 0.1) is 11.0 Å². The largest absolute Gasteiger partial charge is 0.381 e. The lowest BCUT2D eigenvalue weighted by molar-refractivity contribution is -0.385. The summed E-state index contributed by atoms with van der Waals surface area (Å²) in [6, 6.07) is 0.964. The van der Waals surface area contributed by atoms with Gasteiger partial charge in [-0.15, -0.1) is 0 Å². The fourth-order valence-corrected chi connectivity index (χ4v) is 2.15. The number of benzene rings is 1. The van der Waals surface area contributed by atoms with Gasteiger partial charge in [0.2, 0.25) is 0 Å². The number of hydrogen-bond acceptors (Lipinski definition) is 4. The van der Waals surface area contributed by atoms with Crippen molar-refractivity contribution in [1.82, 2.24) is 5.32 Å². The van der Waals surface area contributed by atoms with Crippen molar-refractivity contribution in [2.75, 3.05) is 19.8 Å². The Bertz CT molecular complexity index is 559. The van der Waals surface area contributed by atoms with Gasteiger partial charge in [0.25, 0.3) is 11.6 Å². The van der Waals surface area contributed by atoms with Gasteiger partial charge in [0.15, 0.2) is 11.6 Å². The summed E-state index contributed by atoms with van der Waals surface area (Å²) in [6.07, 6.45) is 1.56. The van der Waals surface area contributed by atoms with Crippen LogP contribution in [0.3, 0.4) is 0 Å². The Morgan fingerprint density at radius 3 is 2.57 bits per heavy atom. The van der Waals surface area contributed by atoms with E-state index in [1.807, 2.05) is 0 Å². The zero-order valence-electron chi connectivity index (χ0n) is 11.1. The van der Waals surface area contributed by atoms with E-state index in [9.17, 15) is 23.7 Å². The van der Waals surface area contributed by atoms with Gasteiger partial charge in [-0.3, -0.25) is 14.9 Å². The Hall–Kier alpha value is -2.09. The zero-order chi connectivity index (χ0) is 15.4. The average molecular weight is 300 g/mol. The first-order chi connectivity index (χ1) is 9.99. The normalized spacial score (nSPS) is 15.7. The molecule has 0 aromatic heterocycles. The lowest BCUT2D eigenvalue weighted by Gasteiger charge is -2.22. The predicted molar refractivity (Wildman–Crippen MR) is 68.9 cm³/mol. The number of nitro groups is 1. The van der Waals surface area contributed by atoms with Crippen molar-refractivity contribution >= 4 is 11.6 Å². The molecule has 1 amide bonds. The van der Waals surface area contributed by atoms with Crippen LogP contribution in [0.2, 0.25) is 0 Å². The maximum Gasteiger partial charge on any atom is 0.285 e. The smallest absolute Gasteiger partial charge is 0.285 e. The number of nitrogens with one attached hydrogen (secondary N) is 1. The Morgan fingerprint density at radius 1 is 1.33 bits per heavy atom. The Labute approximate surface area is 119 Å². The van der Waals surface area contributed by atoms with Crippen LogP contribution in [0.1, 0.15) is 23.2 Å². The monoisotopic (exact) mass is 300 g/mol. The molecular formula is C13H14F2N2O4. The fraction of sp³-hybridized carbons (Fsp3) is 0.462. The van der Waals surface area contributed by atoms with Crippen molar-refractivity contribution < 1.29 is 23.2 Å². The third kappa shape index (κ3) is 3.72. The van der Waals surface area contributed by atoms with Gasteiger partial charge in [-0.05, 0) is 24.8 Å². The number of amides is 1. The van der Waals surface area contributed by atoms with E-state index in [1.54, 1.807) is 0 Å². The van der Waals surface area contributed by atoms with Gasteiger partial charge in [0, 0.05) is 19.8 Å². The standard InChI is InChI=1S/C13H14F2N2O4/c14-10-5-9(12(17(19)20)6-11(10)15)13(18)16-7-8-1-3-21-4-2-8/h5-6,8H,1-4,7H2,(H,16,18). The zero-order valence-corrected chi connectivity index (χ0v) is 11.1. The van der Waals surface area contributed by atoms with Gasteiger partial charge in [-0.1, -0.05) is 0 Å². The molecule has 1 aromatic carbocycles. The van der Waals surface area contributed by atoms with Gasteiger partial charge in [0.1, 0.15) is 5.56 Å². The first kappa shape index (κ1) is 15.3. The van der Waals surface area contributed by atoms with Crippen LogP contribution in [0.4, 0.5) is 14.5 Å². The molecule has 21 heavy (non-hydrogen) atoms. The van der Waals surface area contributed by atoms with Crippen LogP contribution in [0, 0.1) is 27.7 Å². The van der Waals surface area contributed by atoms with Gasteiger partial charge in [-0.2, -0.15) is 0 Å². The molecule has 0 unspecified atom stereocenters. The summed E-state index contributed by atoms with van der Waals surface area (Å²) in [4.78, 5) is 21.8. The van der Waals surface area contributed by atoms with E-state index in [-0.39, 0.29) is 5.92 Å². The van der Waals surface area contributed by atoms with Crippen LogP contribution < -0.4 is 5.32 Å². The van der Waals surface area contributed by atoms with E-state index in [4.69, 9.17) is 4.74 Å². The topological polar surface area (TPSA) is 81.5 Å². The number of hydrogen-bond donors (Lipinski definition) is 1. The molecule has 1 aliphatic rings. The van der Waals surface area contributed by atoms with Crippen LogP contribution in [0.25, 0.3) is 0 Å². The number of halogens is 2. The first-order valence-corrected chi connectivity index (χ1v) is 6.48. The highest BCUT2D eigenvalue weighted by Crippen LogP contribution is 2.22. The molecular weight excluding hydrogens is 286 g/mol. The lowest BCUT2D eigenvalue weighted by Crippen LogP contribution is -2.32. The molecule has 8 heteroatoms. The highest BCUT2D eigenvalue weighted by Gasteiger charge is 2.24. The second kappa shape index (κ2) is 6.57. The molecule has 0 spiro atoms. The van der Waals surface area contributed by atoms with E-state index in [2.05, 4.69) is 5.32 Å². The molecule has 1 fully saturated rings. The predicted octanol–water partition coefficient (Wildman–Crippen LogP) is 2.03. The second-order valence-electron chi connectivity index (χ2n) is 4.81. The number of nitro benzene ring substituents is 1. The molecule has 1 heterocycles. The molecule has 1 saturated heterocycles. The molecule has 1 aromatic rings. The van der Waals surface area contributed by atoms with Crippen LogP contribution in [-0.2, 0) is 4.74 Å². The number of ether oxygens (including phenoxy) is 1. The average Bonchev–Trinajstić information content (AvgIpc) is 2.48. The minimum Gasteiger partial charge on any atom is -0.381 e. The molecule has 0 atom stereocenters. The van der Waals surface area contributed by atoms with Crippen molar-refractivity contribution in [2.45, 2.75) is 12.8 Å². The molecule has 0 radical (unpaired) electrons. The minimum absolute atomic E-state index is 0.215. The molecule has 0 saturated carbocycles. The molecule has 0 aliphatic carbocycles. The highest BCUT2D eigenvalue weighted by molar-refractivity contribution is 5.98. The number of carbonyl (C=O) groups is 1. The van der Waals surface area contributed by atoms with Gasteiger partial charge < -0.3 is 10.1 Å². The number of rotatable bonds is 4. The third-order valence-corrected chi connectivity index (χ3v) is 3.37. The van der Waals surface area contributed by atoms with Crippen LogP contribution >= 0.6 is 0 Å². The van der Waals surface area contributed by atoms with Gasteiger partial charge in [-0.25, -0.2) is 8.78 Å². The maximum absolute atomic E-state index is 13.2. The molecule has 6 nitrogen and oxygen atoms in total. The van der Waals surface area contributed by atoms with Crippen molar-refractivity contribution in [2.24, 2.45) is 5.92 Å². The van der Waals surface area contributed by atoms with Crippen molar-refractivity contribution in [3.05, 3.63) is 39.4 Å². The summed E-state index contributed by atoms with van der Waals surface area (Å²) in [5.41, 5.74) is -1.23. The van der Waals surface area contributed by atoms with E-state index >= 15 is 0 Å². The van der Waals surface area contributed by atoms with Crippen LogP contribution in [0.5, 0.6) is 0 Å². The number of carbonyl (C=O) groups excluding carboxylic acids is 1. The summed E-state index contributed by atoms with van der Waals surface area (Å²) in [7, 11) is 0. The Morgan fingerprint density at radius 2 is 1.95 bits per heavy atom. The summed E-state index contributed by atoms with van der Waals surface area (Å²) in [5, 5.41) is 13.3. The second-order valence-corrected chi connectivity index (χ2v) is 4.81. The molecule has 114 valence electrons. The molecule has 0 bridgehead atoms. The van der Waals surface area contributed by atoms with E-state index in [0.29, 0.717) is 31.9 Å². The Kier molecular flexibility index (Phi) is 4.79. The summed E-state index contributed by atoms with van der Waals surface area (Å²) in [6.45, 7) is 1.52. The SMILES string of the molecule is O=C(NCC1CCOCC1)c1cc(F)c(F)cc1[N+](=O)[O-]. The quantitative estimate of drug-likeness (QED) is 0.681. The summed E-state index contributed by atoms with van der Waals surface area (Å²) in [5.74, 6) is -3.22. The lowest BCUT2D eigenvalue weighted by atomic mass is 10.0.